The van der Waals surface area contributed by atoms with Crippen molar-refractivity contribution in [2.45, 2.75) is 30.5 Å². The number of carbonyl (C=O) groups is 1. The molecular weight excluding hydrogens is 370 g/mol. The number of carbonyl (C=O) groups excluding carboxylic acids is 1. The summed E-state index contributed by atoms with van der Waals surface area (Å²) in [6, 6.07) is 20.0. The predicted molar refractivity (Wildman–Crippen MR) is 114 cm³/mol. The van der Waals surface area contributed by atoms with Gasteiger partial charge in [-0.2, -0.15) is 0 Å². The van der Waals surface area contributed by atoms with Crippen LogP contribution in [0.4, 0.5) is 5.82 Å². The van der Waals surface area contributed by atoms with Gasteiger partial charge in [-0.3, -0.25) is 14.2 Å². The van der Waals surface area contributed by atoms with Crippen LogP contribution >= 0.6 is 11.8 Å². The van der Waals surface area contributed by atoms with Crippen LogP contribution in [0.15, 0.2) is 76.6 Å². The third-order valence-electron chi connectivity index (χ3n) is 4.20. The van der Waals surface area contributed by atoms with Crippen LogP contribution in [0.5, 0.6) is 0 Å². The zero-order chi connectivity index (χ0) is 19.8. The van der Waals surface area contributed by atoms with Gasteiger partial charge < -0.3 is 5.32 Å². The number of Topliss-reactive ketones (excluding diaryl/α,β-unsaturated/α-hetero) is 1. The van der Waals surface area contributed by atoms with E-state index in [9.17, 15) is 9.59 Å². The minimum Gasteiger partial charge on any atom is -0.365 e. The van der Waals surface area contributed by atoms with Crippen molar-refractivity contribution in [3.8, 4) is 0 Å². The molecule has 0 aliphatic carbocycles. The van der Waals surface area contributed by atoms with Crippen molar-refractivity contribution in [3.05, 3.63) is 88.5 Å². The van der Waals surface area contributed by atoms with Gasteiger partial charge in [0, 0.05) is 23.4 Å². The molecule has 0 radical (unpaired) electrons. The lowest BCUT2D eigenvalue weighted by molar-refractivity contribution is -0.117. The van der Waals surface area contributed by atoms with Gasteiger partial charge in [0.1, 0.15) is 5.78 Å². The highest BCUT2D eigenvalue weighted by Gasteiger charge is 2.12. The molecule has 0 atom stereocenters. The molecule has 3 aromatic rings. The van der Waals surface area contributed by atoms with Crippen molar-refractivity contribution in [2.24, 2.45) is 0 Å². The number of anilines is 1. The van der Waals surface area contributed by atoms with Crippen LogP contribution < -0.4 is 10.9 Å². The molecule has 0 saturated carbocycles. The van der Waals surface area contributed by atoms with E-state index in [4.69, 9.17) is 0 Å². The highest BCUT2D eigenvalue weighted by molar-refractivity contribution is 7.98. The summed E-state index contributed by atoms with van der Waals surface area (Å²) in [5, 5.41) is 3.11. The fourth-order valence-electron chi connectivity index (χ4n) is 2.80. The Hall–Kier alpha value is -2.86. The second kappa shape index (κ2) is 9.90. The molecule has 1 heterocycles. The zero-order valence-corrected chi connectivity index (χ0v) is 16.6. The Bertz CT molecular complexity index is 972. The summed E-state index contributed by atoms with van der Waals surface area (Å²) in [5.74, 6) is 0.796. The summed E-state index contributed by atoms with van der Waals surface area (Å²) >= 11 is 1.61. The normalized spacial score (nSPS) is 10.6. The molecule has 6 heteroatoms. The Morgan fingerprint density at radius 1 is 1.07 bits per heavy atom. The highest BCUT2D eigenvalue weighted by atomic mass is 32.2. The van der Waals surface area contributed by atoms with Crippen LogP contribution in [0.3, 0.4) is 0 Å². The molecule has 1 aromatic heterocycles. The van der Waals surface area contributed by atoms with Gasteiger partial charge in [0.15, 0.2) is 5.82 Å². The lowest BCUT2D eigenvalue weighted by Gasteiger charge is -2.13. The molecule has 144 valence electrons. The zero-order valence-electron chi connectivity index (χ0n) is 15.8. The monoisotopic (exact) mass is 393 g/mol. The fourth-order valence-corrected chi connectivity index (χ4v) is 3.69. The van der Waals surface area contributed by atoms with Gasteiger partial charge in [0.2, 0.25) is 0 Å². The predicted octanol–water partition coefficient (Wildman–Crippen LogP) is 3.78. The van der Waals surface area contributed by atoms with Gasteiger partial charge in [-0.15, -0.1) is 11.8 Å². The quantitative estimate of drug-likeness (QED) is 0.561. The third kappa shape index (κ3) is 5.57. The number of ketones is 1. The summed E-state index contributed by atoms with van der Waals surface area (Å²) < 4.78 is 1.52. The van der Waals surface area contributed by atoms with Crippen LogP contribution in [0.2, 0.25) is 0 Å². The maximum atomic E-state index is 12.9. The van der Waals surface area contributed by atoms with Crippen molar-refractivity contribution in [3.63, 3.8) is 0 Å². The van der Waals surface area contributed by atoms with E-state index in [1.165, 1.54) is 17.1 Å². The molecule has 0 spiro atoms. The fraction of sp³-hybridized carbons (Fsp3) is 0.227. The molecule has 0 saturated heterocycles. The Morgan fingerprint density at radius 2 is 1.75 bits per heavy atom. The van der Waals surface area contributed by atoms with Gasteiger partial charge in [-0.05, 0) is 31.0 Å². The molecule has 2 aromatic carbocycles. The Labute approximate surface area is 168 Å². The minimum absolute atomic E-state index is 0.0550. The Kier molecular flexibility index (Phi) is 7.03. The van der Waals surface area contributed by atoms with Crippen molar-refractivity contribution >= 4 is 23.4 Å². The van der Waals surface area contributed by atoms with Gasteiger partial charge in [-0.1, -0.05) is 48.5 Å². The summed E-state index contributed by atoms with van der Waals surface area (Å²) in [5.41, 5.74) is 1.67. The lowest BCUT2D eigenvalue weighted by atomic mass is 10.1. The van der Waals surface area contributed by atoms with E-state index in [1.807, 2.05) is 60.7 Å². The lowest BCUT2D eigenvalue weighted by Crippen LogP contribution is -2.30. The first-order valence-corrected chi connectivity index (χ1v) is 10.2. The maximum Gasteiger partial charge on any atom is 0.293 e. The van der Waals surface area contributed by atoms with E-state index in [0.29, 0.717) is 12.3 Å². The molecular formula is C22H23N3O2S. The Morgan fingerprint density at radius 3 is 2.43 bits per heavy atom. The minimum atomic E-state index is -0.255. The molecule has 0 aliphatic heterocycles. The molecule has 0 bridgehead atoms. The largest absolute Gasteiger partial charge is 0.365 e. The summed E-state index contributed by atoms with van der Waals surface area (Å²) in [6.07, 6.45) is 2.48. The summed E-state index contributed by atoms with van der Waals surface area (Å²) in [7, 11) is 0. The summed E-state index contributed by atoms with van der Waals surface area (Å²) in [6.45, 7) is 2.15. The Balaban J connectivity index is 1.73. The van der Waals surface area contributed by atoms with Crippen LogP contribution in [0, 0.1) is 0 Å². The van der Waals surface area contributed by atoms with Crippen LogP contribution in [-0.4, -0.2) is 21.9 Å². The second-order valence-electron chi connectivity index (χ2n) is 6.46. The molecule has 0 fully saturated rings. The maximum absolute atomic E-state index is 12.9. The van der Waals surface area contributed by atoms with E-state index >= 15 is 0 Å². The van der Waals surface area contributed by atoms with E-state index in [0.717, 1.165) is 17.0 Å². The van der Waals surface area contributed by atoms with Crippen LogP contribution in [0.25, 0.3) is 0 Å². The van der Waals surface area contributed by atoms with Crippen LogP contribution in [0.1, 0.15) is 18.2 Å². The standard InChI is InChI=1S/C22H23N3O2S/c1-17(26)15-25-19(16-28-20-10-6-3-7-11-20)14-24-21(22(25)27)23-13-12-18-8-4-2-5-9-18/h2-11,14H,12-13,15-16H2,1H3,(H,23,24). The number of rotatable bonds is 9. The van der Waals surface area contributed by atoms with Crippen molar-refractivity contribution in [1.82, 2.24) is 9.55 Å². The topological polar surface area (TPSA) is 64.0 Å². The van der Waals surface area contributed by atoms with E-state index in [-0.39, 0.29) is 23.7 Å². The number of nitrogens with zero attached hydrogens (tertiary/aromatic N) is 2. The number of aromatic nitrogens is 2. The number of hydrogen-bond donors (Lipinski definition) is 1. The summed E-state index contributed by atoms with van der Waals surface area (Å²) in [4.78, 5) is 30.0. The number of nitrogens with one attached hydrogen (secondary N) is 1. The molecule has 3 rings (SSSR count). The average molecular weight is 394 g/mol. The molecule has 5 nitrogen and oxygen atoms in total. The third-order valence-corrected chi connectivity index (χ3v) is 5.24. The van der Waals surface area contributed by atoms with Crippen molar-refractivity contribution in [2.75, 3.05) is 11.9 Å². The van der Waals surface area contributed by atoms with E-state index < -0.39 is 0 Å². The van der Waals surface area contributed by atoms with Crippen LogP contribution in [-0.2, 0) is 23.5 Å². The molecule has 0 aliphatic rings. The van der Waals surface area contributed by atoms with E-state index in [2.05, 4.69) is 10.3 Å². The average Bonchev–Trinajstić information content (AvgIpc) is 2.71. The molecule has 1 N–H and O–H groups in total. The molecule has 0 amide bonds. The second-order valence-corrected chi connectivity index (χ2v) is 7.50. The highest BCUT2D eigenvalue weighted by Crippen LogP contribution is 2.21. The SMILES string of the molecule is CC(=O)Cn1c(CSc2ccccc2)cnc(NCCc2ccccc2)c1=O. The number of thioether (sulfide) groups is 1. The molecule has 28 heavy (non-hydrogen) atoms. The molecule has 0 unspecified atom stereocenters. The first kappa shape index (κ1) is 19.9. The number of benzene rings is 2. The number of hydrogen-bond acceptors (Lipinski definition) is 5. The van der Waals surface area contributed by atoms with Gasteiger partial charge >= 0.3 is 0 Å². The van der Waals surface area contributed by atoms with Crippen molar-refractivity contribution < 1.29 is 4.79 Å². The first-order chi connectivity index (χ1) is 13.6. The van der Waals surface area contributed by atoms with Crippen molar-refractivity contribution in [1.29, 1.82) is 0 Å². The van der Waals surface area contributed by atoms with Gasteiger partial charge in [0.05, 0.1) is 12.2 Å². The van der Waals surface area contributed by atoms with E-state index in [1.54, 1.807) is 18.0 Å². The smallest absolute Gasteiger partial charge is 0.293 e. The first-order valence-electron chi connectivity index (χ1n) is 9.17. The van der Waals surface area contributed by atoms with Gasteiger partial charge in [-0.25, -0.2) is 4.98 Å². The van der Waals surface area contributed by atoms with Gasteiger partial charge in [0.25, 0.3) is 5.56 Å².